The number of hydrogen-bond donors (Lipinski definition) is 0. The Kier molecular flexibility index (Phi) is 5.09. The second kappa shape index (κ2) is 7.70. The lowest BCUT2D eigenvalue weighted by molar-refractivity contribution is -0.139. The molecule has 0 N–H and O–H groups in total. The SMILES string of the molecule is Cc1c(C)c2ccc(OC(C)C(=O)N(Cc3ccccn3)C3CC3)cc2oc1=O. The van der Waals surface area contributed by atoms with Crippen molar-refractivity contribution in [3.8, 4) is 5.75 Å². The number of rotatable bonds is 6. The summed E-state index contributed by atoms with van der Waals surface area (Å²) in [6.45, 7) is 5.87. The summed E-state index contributed by atoms with van der Waals surface area (Å²) in [5, 5.41) is 0.864. The van der Waals surface area contributed by atoms with Gasteiger partial charge in [-0.25, -0.2) is 4.79 Å². The molecule has 1 saturated carbocycles. The normalized spacial score (nSPS) is 14.6. The van der Waals surface area contributed by atoms with E-state index in [4.69, 9.17) is 9.15 Å². The lowest BCUT2D eigenvalue weighted by Gasteiger charge is -2.26. The van der Waals surface area contributed by atoms with E-state index in [0.29, 0.717) is 23.4 Å². The van der Waals surface area contributed by atoms with Gasteiger partial charge in [0.25, 0.3) is 5.91 Å². The molecule has 1 amide bonds. The first-order valence-electron chi connectivity index (χ1n) is 9.85. The highest BCUT2D eigenvalue weighted by molar-refractivity contribution is 5.83. The Morgan fingerprint density at radius 3 is 2.72 bits per heavy atom. The van der Waals surface area contributed by atoms with Crippen LogP contribution in [0.3, 0.4) is 0 Å². The Bertz CT molecular complexity index is 1100. The second-order valence-corrected chi connectivity index (χ2v) is 7.58. The lowest BCUT2D eigenvalue weighted by atomic mass is 10.1. The molecule has 1 aliphatic rings. The van der Waals surface area contributed by atoms with Crippen molar-refractivity contribution >= 4 is 16.9 Å². The first-order chi connectivity index (χ1) is 13.9. The Balaban J connectivity index is 1.53. The summed E-state index contributed by atoms with van der Waals surface area (Å²) in [4.78, 5) is 31.2. The number of amides is 1. The zero-order valence-corrected chi connectivity index (χ0v) is 16.8. The number of nitrogens with zero attached hydrogens (tertiary/aromatic N) is 2. The number of ether oxygens (including phenoxy) is 1. The lowest BCUT2D eigenvalue weighted by Crippen LogP contribution is -2.41. The largest absolute Gasteiger partial charge is 0.481 e. The molecule has 4 rings (SSSR count). The molecule has 1 unspecified atom stereocenters. The molecule has 0 radical (unpaired) electrons. The highest BCUT2D eigenvalue weighted by Gasteiger charge is 2.35. The number of benzene rings is 1. The molecule has 1 aromatic carbocycles. The highest BCUT2D eigenvalue weighted by Crippen LogP contribution is 2.30. The van der Waals surface area contributed by atoms with Gasteiger partial charge in [-0.3, -0.25) is 9.78 Å². The maximum absolute atomic E-state index is 13.0. The van der Waals surface area contributed by atoms with Crippen LogP contribution in [-0.4, -0.2) is 27.9 Å². The van der Waals surface area contributed by atoms with Crippen molar-refractivity contribution in [2.24, 2.45) is 0 Å². The quantitative estimate of drug-likeness (QED) is 0.597. The molecule has 0 saturated heterocycles. The molecule has 1 fully saturated rings. The number of carbonyl (C=O) groups excluding carboxylic acids is 1. The van der Waals surface area contributed by atoms with Crippen LogP contribution in [0.1, 0.15) is 36.6 Å². The van der Waals surface area contributed by atoms with Gasteiger partial charge in [0.05, 0.1) is 12.2 Å². The third kappa shape index (κ3) is 4.01. The summed E-state index contributed by atoms with van der Waals surface area (Å²) in [6, 6.07) is 11.3. The summed E-state index contributed by atoms with van der Waals surface area (Å²) < 4.78 is 11.3. The smallest absolute Gasteiger partial charge is 0.339 e. The van der Waals surface area contributed by atoms with Crippen molar-refractivity contribution in [3.05, 3.63) is 69.8 Å². The van der Waals surface area contributed by atoms with Crippen molar-refractivity contribution in [1.82, 2.24) is 9.88 Å². The molecular weight excluding hydrogens is 368 g/mol. The number of pyridine rings is 1. The molecule has 1 atom stereocenters. The zero-order valence-electron chi connectivity index (χ0n) is 16.8. The van der Waals surface area contributed by atoms with E-state index in [1.807, 2.05) is 36.1 Å². The van der Waals surface area contributed by atoms with Gasteiger partial charge in [-0.05, 0) is 63.4 Å². The minimum absolute atomic E-state index is 0.0696. The monoisotopic (exact) mass is 392 g/mol. The standard InChI is InChI=1S/C23H24N2O4/c1-14-15(2)23(27)29-21-12-19(9-10-20(14)21)28-16(3)22(26)25(18-7-8-18)13-17-6-4-5-11-24-17/h4-6,9-12,16,18H,7-8,13H2,1-3H3. The van der Waals surface area contributed by atoms with Crippen LogP contribution in [-0.2, 0) is 11.3 Å². The van der Waals surface area contributed by atoms with E-state index in [2.05, 4.69) is 4.98 Å². The third-order valence-electron chi connectivity index (χ3n) is 5.42. The van der Waals surface area contributed by atoms with Gasteiger partial charge in [0.1, 0.15) is 11.3 Å². The minimum atomic E-state index is -0.657. The van der Waals surface area contributed by atoms with Crippen molar-refractivity contribution < 1.29 is 13.9 Å². The molecule has 6 nitrogen and oxygen atoms in total. The average molecular weight is 392 g/mol. The van der Waals surface area contributed by atoms with Crippen LogP contribution < -0.4 is 10.4 Å². The van der Waals surface area contributed by atoms with Crippen LogP contribution >= 0.6 is 0 Å². The molecule has 0 bridgehead atoms. The summed E-state index contributed by atoms with van der Waals surface area (Å²) >= 11 is 0. The molecule has 0 spiro atoms. The van der Waals surface area contributed by atoms with Gasteiger partial charge < -0.3 is 14.1 Å². The Labute approximate surface area is 169 Å². The fraction of sp³-hybridized carbons (Fsp3) is 0.348. The van der Waals surface area contributed by atoms with Gasteiger partial charge in [0.2, 0.25) is 0 Å². The van der Waals surface area contributed by atoms with Gasteiger partial charge in [0, 0.05) is 29.3 Å². The predicted octanol–water partition coefficient (Wildman–Crippen LogP) is 3.76. The third-order valence-corrected chi connectivity index (χ3v) is 5.42. The topological polar surface area (TPSA) is 72.6 Å². The van der Waals surface area contributed by atoms with E-state index >= 15 is 0 Å². The van der Waals surface area contributed by atoms with Crippen LogP contribution in [0.25, 0.3) is 11.0 Å². The molecule has 6 heteroatoms. The average Bonchev–Trinajstić information content (AvgIpc) is 3.55. The molecule has 29 heavy (non-hydrogen) atoms. The first kappa shape index (κ1) is 19.2. The summed E-state index contributed by atoms with van der Waals surface area (Å²) in [5.74, 6) is 0.429. The van der Waals surface area contributed by atoms with E-state index in [9.17, 15) is 9.59 Å². The van der Waals surface area contributed by atoms with Crippen LogP contribution in [0.5, 0.6) is 5.75 Å². The first-order valence-corrected chi connectivity index (χ1v) is 9.85. The molecule has 3 aromatic rings. The molecule has 150 valence electrons. The zero-order chi connectivity index (χ0) is 20.5. The van der Waals surface area contributed by atoms with E-state index in [0.717, 1.165) is 29.5 Å². The van der Waals surface area contributed by atoms with Gasteiger partial charge in [-0.2, -0.15) is 0 Å². The van der Waals surface area contributed by atoms with E-state index in [1.54, 1.807) is 32.2 Å². The van der Waals surface area contributed by atoms with Crippen LogP contribution in [0, 0.1) is 13.8 Å². The molecule has 2 aromatic heterocycles. The Morgan fingerprint density at radius 2 is 2.03 bits per heavy atom. The van der Waals surface area contributed by atoms with Crippen LogP contribution in [0.4, 0.5) is 0 Å². The van der Waals surface area contributed by atoms with Crippen molar-refractivity contribution in [1.29, 1.82) is 0 Å². The van der Waals surface area contributed by atoms with Gasteiger partial charge in [-0.15, -0.1) is 0 Å². The summed E-state index contributed by atoms with van der Waals surface area (Å²) in [5.41, 5.74) is 2.46. The predicted molar refractivity (Wildman–Crippen MR) is 110 cm³/mol. The number of fused-ring (bicyclic) bond motifs is 1. The molecule has 0 aliphatic heterocycles. The maximum Gasteiger partial charge on any atom is 0.339 e. The Hall–Kier alpha value is -3.15. The second-order valence-electron chi connectivity index (χ2n) is 7.58. The maximum atomic E-state index is 13.0. The van der Waals surface area contributed by atoms with Gasteiger partial charge in [-0.1, -0.05) is 6.07 Å². The Morgan fingerprint density at radius 1 is 1.24 bits per heavy atom. The molecule has 1 aliphatic carbocycles. The van der Waals surface area contributed by atoms with Crippen molar-refractivity contribution in [3.63, 3.8) is 0 Å². The van der Waals surface area contributed by atoms with Gasteiger partial charge >= 0.3 is 5.63 Å². The molecular formula is C23H24N2O4. The van der Waals surface area contributed by atoms with Crippen molar-refractivity contribution in [2.45, 2.75) is 52.3 Å². The number of carbonyl (C=O) groups is 1. The van der Waals surface area contributed by atoms with Gasteiger partial charge in [0.15, 0.2) is 6.10 Å². The number of aryl methyl sites for hydroxylation is 1. The van der Waals surface area contributed by atoms with Crippen molar-refractivity contribution in [2.75, 3.05) is 0 Å². The van der Waals surface area contributed by atoms with E-state index in [-0.39, 0.29) is 17.6 Å². The molecule has 2 heterocycles. The van der Waals surface area contributed by atoms with Crippen LogP contribution in [0.2, 0.25) is 0 Å². The summed E-state index contributed by atoms with van der Waals surface area (Å²) in [6.07, 6.45) is 3.09. The summed E-state index contributed by atoms with van der Waals surface area (Å²) in [7, 11) is 0. The number of aromatic nitrogens is 1. The minimum Gasteiger partial charge on any atom is -0.481 e. The van der Waals surface area contributed by atoms with Crippen LogP contribution in [0.15, 0.2) is 51.8 Å². The van der Waals surface area contributed by atoms with E-state index in [1.165, 1.54) is 0 Å². The fourth-order valence-electron chi connectivity index (χ4n) is 3.43. The fourth-order valence-corrected chi connectivity index (χ4v) is 3.43. The number of hydrogen-bond acceptors (Lipinski definition) is 5. The van der Waals surface area contributed by atoms with E-state index < -0.39 is 6.10 Å². The highest BCUT2D eigenvalue weighted by atomic mass is 16.5.